The third-order valence-corrected chi connectivity index (χ3v) is 4.34. The average Bonchev–Trinajstić information content (AvgIpc) is 2.41. The molecule has 1 aromatic rings. The van der Waals surface area contributed by atoms with E-state index in [0.29, 0.717) is 11.6 Å². The van der Waals surface area contributed by atoms with E-state index in [2.05, 4.69) is 26.1 Å². The molecule has 1 N–H and O–H groups in total. The van der Waals surface area contributed by atoms with Crippen molar-refractivity contribution in [3.8, 4) is 0 Å². The van der Waals surface area contributed by atoms with E-state index in [9.17, 15) is 4.39 Å². The molecule has 4 heteroatoms. The second-order valence-electron chi connectivity index (χ2n) is 7.17. The zero-order valence-electron chi connectivity index (χ0n) is 13.1. The molecule has 0 saturated carbocycles. The monoisotopic (exact) mass is 313 g/mol. The van der Waals surface area contributed by atoms with E-state index in [-0.39, 0.29) is 16.8 Å². The van der Waals surface area contributed by atoms with Crippen LogP contribution in [0, 0.1) is 11.2 Å². The lowest BCUT2D eigenvalue weighted by molar-refractivity contribution is -0.00994. The SMILES string of the molecule is CC(C)(C)NCC1(Cc2cc(F)ccc2Cl)CCCOC1. The molecule has 1 unspecified atom stereocenters. The van der Waals surface area contributed by atoms with Gasteiger partial charge in [0.05, 0.1) is 6.61 Å². The Balaban J connectivity index is 2.17. The molecule has 1 aliphatic heterocycles. The molecule has 0 aliphatic carbocycles. The van der Waals surface area contributed by atoms with Crippen LogP contribution in [0.15, 0.2) is 18.2 Å². The molecule has 21 heavy (non-hydrogen) atoms. The first kappa shape index (κ1) is 16.7. The molecule has 0 bridgehead atoms. The van der Waals surface area contributed by atoms with Crippen molar-refractivity contribution in [1.29, 1.82) is 0 Å². The number of halogens is 2. The Morgan fingerprint density at radius 2 is 2.14 bits per heavy atom. The van der Waals surface area contributed by atoms with Gasteiger partial charge in [0.1, 0.15) is 5.82 Å². The van der Waals surface area contributed by atoms with E-state index < -0.39 is 0 Å². The number of ether oxygens (including phenoxy) is 1. The van der Waals surface area contributed by atoms with Gasteiger partial charge >= 0.3 is 0 Å². The first-order valence-electron chi connectivity index (χ1n) is 7.56. The van der Waals surface area contributed by atoms with Crippen LogP contribution in [-0.4, -0.2) is 25.3 Å². The van der Waals surface area contributed by atoms with Crippen molar-refractivity contribution in [2.75, 3.05) is 19.8 Å². The third-order valence-electron chi connectivity index (χ3n) is 3.97. The Morgan fingerprint density at radius 1 is 1.38 bits per heavy atom. The maximum atomic E-state index is 13.5. The molecular weight excluding hydrogens is 289 g/mol. The summed E-state index contributed by atoms with van der Waals surface area (Å²) in [5, 5.41) is 4.21. The largest absolute Gasteiger partial charge is 0.381 e. The molecule has 0 amide bonds. The van der Waals surface area contributed by atoms with Crippen LogP contribution in [0.3, 0.4) is 0 Å². The molecule has 0 spiro atoms. The number of nitrogens with one attached hydrogen (secondary N) is 1. The fraction of sp³-hybridized carbons (Fsp3) is 0.647. The number of hydrogen-bond acceptors (Lipinski definition) is 2. The minimum absolute atomic E-state index is 0.0109. The van der Waals surface area contributed by atoms with Crippen LogP contribution >= 0.6 is 11.6 Å². The van der Waals surface area contributed by atoms with E-state index in [0.717, 1.165) is 38.0 Å². The van der Waals surface area contributed by atoms with E-state index in [1.807, 2.05) is 0 Å². The molecule has 1 saturated heterocycles. The highest BCUT2D eigenvalue weighted by Crippen LogP contribution is 2.34. The zero-order chi connectivity index (χ0) is 15.5. The second kappa shape index (κ2) is 6.64. The Labute approximate surface area is 132 Å². The summed E-state index contributed by atoms with van der Waals surface area (Å²) in [5.74, 6) is -0.231. The van der Waals surface area contributed by atoms with Gasteiger partial charge in [0.2, 0.25) is 0 Å². The highest BCUT2D eigenvalue weighted by molar-refractivity contribution is 6.31. The van der Waals surface area contributed by atoms with Crippen molar-refractivity contribution < 1.29 is 9.13 Å². The Kier molecular flexibility index (Phi) is 5.29. The quantitative estimate of drug-likeness (QED) is 0.899. The zero-order valence-corrected chi connectivity index (χ0v) is 13.9. The van der Waals surface area contributed by atoms with Gasteiger partial charge in [-0.05, 0) is 63.8 Å². The molecule has 0 aromatic heterocycles. The van der Waals surface area contributed by atoms with E-state index in [1.54, 1.807) is 12.1 Å². The van der Waals surface area contributed by atoms with Gasteiger partial charge in [-0.2, -0.15) is 0 Å². The number of hydrogen-bond donors (Lipinski definition) is 1. The van der Waals surface area contributed by atoms with Gasteiger partial charge in [-0.15, -0.1) is 0 Å². The van der Waals surface area contributed by atoms with Gasteiger partial charge in [0, 0.05) is 29.1 Å². The highest BCUT2D eigenvalue weighted by Gasteiger charge is 2.34. The van der Waals surface area contributed by atoms with Crippen molar-refractivity contribution >= 4 is 11.6 Å². The number of benzene rings is 1. The van der Waals surface area contributed by atoms with Crippen molar-refractivity contribution in [2.24, 2.45) is 5.41 Å². The van der Waals surface area contributed by atoms with E-state index >= 15 is 0 Å². The van der Waals surface area contributed by atoms with Gasteiger partial charge in [0.15, 0.2) is 0 Å². The van der Waals surface area contributed by atoms with E-state index in [1.165, 1.54) is 6.07 Å². The van der Waals surface area contributed by atoms with Crippen molar-refractivity contribution in [3.63, 3.8) is 0 Å². The predicted octanol–water partition coefficient (Wildman–Crippen LogP) is 4.21. The highest BCUT2D eigenvalue weighted by atomic mass is 35.5. The van der Waals surface area contributed by atoms with Crippen LogP contribution in [0.5, 0.6) is 0 Å². The lowest BCUT2D eigenvalue weighted by Crippen LogP contribution is -2.48. The normalized spacial score (nSPS) is 23.3. The van der Waals surface area contributed by atoms with E-state index in [4.69, 9.17) is 16.3 Å². The summed E-state index contributed by atoms with van der Waals surface area (Å²) in [4.78, 5) is 0. The minimum atomic E-state index is -0.231. The summed E-state index contributed by atoms with van der Waals surface area (Å²) in [5.41, 5.74) is 0.914. The fourth-order valence-corrected chi connectivity index (χ4v) is 2.97. The lowest BCUT2D eigenvalue weighted by atomic mass is 9.76. The van der Waals surface area contributed by atoms with Crippen molar-refractivity contribution in [3.05, 3.63) is 34.6 Å². The maximum absolute atomic E-state index is 13.5. The topological polar surface area (TPSA) is 21.3 Å². The maximum Gasteiger partial charge on any atom is 0.123 e. The predicted molar refractivity (Wildman–Crippen MR) is 85.4 cm³/mol. The second-order valence-corrected chi connectivity index (χ2v) is 7.58. The summed E-state index contributed by atoms with van der Waals surface area (Å²) >= 11 is 6.24. The van der Waals surface area contributed by atoms with Crippen LogP contribution < -0.4 is 5.32 Å². The molecule has 1 fully saturated rings. The van der Waals surface area contributed by atoms with Gasteiger partial charge < -0.3 is 10.1 Å². The summed E-state index contributed by atoms with van der Waals surface area (Å²) in [6.07, 6.45) is 2.86. The number of rotatable bonds is 4. The smallest absolute Gasteiger partial charge is 0.123 e. The van der Waals surface area contributed by atoms with Crippen molar-refractivity contribution in [1.82, 2.24) is 5.32 Å². The molecule has 1 aromatic carbocycles. The Bertz CT molecular complexity index is 478. The van der Waals surface area contributed by atoms with Crippen LogP contribution in [0.4, 0.5) is 4.39 Å². The Morgan fingerprint density at radius 3 is 2.76 bits per heavy atom. The van der Waals surface area contributed by atoms with Gasteiger partial charge in [-0.25, -0.2) is 4.39 Å². The van der Waals surface area contributed by atoms with Crippen molar-refractivity contribution in [2.45, 2.75) is 45.6 Å². The summed E-state index contributed by atoms with van der Waals surface area (Å²) < 4.78 is 19.2. The molecule has 0 radical (unpaired) electrons. The molecule has 1 heterocycles. The van der Waals surface area contributed by atoms with Crippen LogP contribution in [0.1, 0.15) is 39.2 Å². The molecule has 118 valence electrons. The minimum Gasteiger partial charge on any atom is -0.381 e. The summed E-state index contributed by atoms with van der Waals surface area (Å²) in [6, 6.07) is 4.60. The first-order valence-corrected chi connectivity index (χ1v) is 7.94. The molecule has 2 nitrogen and oxygen atoms in total. The third kappa shape index (κ3) is 4.94. The first-order chi connectivity index (χ1) is 9.80. The average molecular weight is 314 g/mol. The standard InChI is InChI=1S/C17H25ClFNO/c1-16(2,3)20-11-17(7-4-8-21-12-17)10-13-9-14(19)5-6-15(13)18/h5-6,9,20H,4,7-8,10-12H2,1-3H3. The van der Waals surface area contributed by atoms with Crippen LogP contribution in [-0.2, 0) is 11.2 Å². The fourth-order valence-electron chi connectivity index (χ4n) is 2.79. The molecule has 1 atom stereocenters. The van der Waals surface area contributed by atoms with Crippen LogP contribution in [0.2, 0.25) is 5.02 Å². The molecular formula is C17H25ClFNO. The Hall–Kier alpha value is -0.640. The summed E-state index contributed by atoms with van der Waals surface area (Å²) in [6.45, 7) is 8.82. The molecule has 1 aliphatic rings. The van der Waals surface area contributed by atoms with Gasteiger partial charge in [-0.1, -0.05) is 11.6 Å². The molecule has 2 rings (SSSR count). The van der Waals surface area contributed by atoms with Gasteiger partial charge in [0.25, 0.3) is 0 Å². The van der Waals surface area contributed by atoms with Gasteiger partial charge in [-0.3, -0.25) is 0 Å². The lowest BCUT2D eigenvalue weighted by Gasteiger charge is -2.39. The summed E-state index contributed by atoms with van der Waals surface area (Å²) in [7, 11) is 0. The van der Waals surface area contributed by atoms with Crippen LogP contribution in [0.25, 0.3) is 0 Å².